The minimum atomic E-state index is -0.927. The van der Waals surface area contributed by atoms with E-state index in [9.17, 15) is 9.18 Å². The van der Waals surface area contributed by atoms with Gasteiger partial charge in [-0.3, -0.25) is 0 Å². The summed E-state index contributed by atoms with van der Waals surface area (Å²) in [5, 5.41) is 0. The number of amides is 1. The predicted molar refractivity (Wildman–Crippen MR) is 140 cm³/mol. The van der Waals surface area contributed by atoms with Crippen LogP contribution < -0.4 is 9.47 Å². The van der Waals surface area contributed by atoms with Crippen molar-refractivity contribution in [2.24, 2.45) is 4.40 Å². The Labute approximate surface area is 220 Å². The zero-order valence-corrected chi connectivity index (χ0v) is 21.8. The van der Waals surface area contributed by atoms with E-state index >= 15 is 0 Å². The number of nitrogens with zero attached hydrogens (tertiary/aromatic N) is 4. The summed E-state index contributed by atoms with van der Waals surface area (Å²) in [5.74, 6) is 2.97. The quantitative estimate of drug-likeness (QED) is 0.342. The highest BCUT2D eigenvalue weighted by atomic mass is 32.2. The minimum Gasteiger partial charge on any atom is -0.474 e. The molecule has 2 aliphatic rings. The first-order valence-electron chi connectivity index (χ1n) is 12.1. The molecule has 0 spiro atoms. The highest BCUT2D eigenvalue weighted by molar-refractivity contribution is 7.98. The van der Waals surface area contributed by atoms with E-state index < -0.39 is 11.9 Å². The first-order valence-corrected chi connectivity index (χ1v) is 12.9. The smallest absolute Gasteiger partial charge is 0.410 e. The third-order valence-corrected chi connectivity index (χ3v) is 6.30. The second-order valence-electron chi connectivity index (χ2n) is 8.84. The number of hydrogen-bond acceptors (Lipinski definition) is 8. The molecule has 0 bridgehead atoms. The fourth-order valence-electron chi connectivity index (χ4n) is 3.70. The van der Waals surface area contributed by atoms with E-state index in [1.807, 2.05) is 44.2 Å². The first-order chi connectivity index (χ1) is 17.9. The Morgan fingerprint density at radius 3 is 2.54 bits per heavy atom. The van der Waals surface area contributed by atoms with Gasteiger partial charge >= 0.3 is 6.09 Å². The van der Waals surface area contributed by atoms with Gasteiger partial charge in [-0.05, 0) is 51.1 Å². The summed E-state index contributed by atoms with van der Waals surface area (Å²) in [6, 6.07) is 9.65. The molecule has 1 unspecified atom stereocenters. The molecule has 2 aromatic rings. The molecule has 10 heteroatoms. The molecule has 2 heterocycles. The summed E-state index contributed by atoms with van der Waals surface area (Å²) in [6.07, 6.45) is 5.76. The SMILES string of the molecule is Cc1c(OC2CCN(C(=O)OC(C)C)CC2)ncnc1OC1C=CC(=C=NSc2ccccc2)C=C1F. The summed E-state index contributed by atoms with van der Waals surface area (Å²) in [7, 11) is 0. The van der Waals surface area contributed by atoms with Crippen LogP contribution in [-0.2, 0) is 4.74 Å². The Balaban J connectivity index is 1.34. The van der Waals surface area contributed by atoms with Gasteiger partial charge in [0.25, 0.3) is 0 Å². The fraction of sp³-hybridized carbons (Fsp3) is 0.370. The number of allylic oxidation sites excluding steroid dienone is 3. The van der Waals surface area contributed by atoms with Crippen molar-refractivity contribution in [1.29, 1.82) is 0 Å². The van der Waals surface area contributed by atoms with E-state index in [-0.39, 0.29) is 24.2 Å². The summed E-state index contributed by atoms with van der Waals surface area (Å²) in [4.78, 5) is 23.1. The molecule has 1 atom stereocenters. The van der Waals surface area contributed by atoms with Crippen LogP contribution in [0, 0.1) is 6.92 Å². The molecule has 1 aliphatic carbocycles. The van der Waals surface area contributed by atoms with Crippen molar-refractivity contribution in [3.63, 3.8) is 0 Å². The largest absolute Gasteiger partial charge is 0.474 e. The number of halogens is 1. The lowest BCUT2D eigenvalue weighted by Crippen LogP contribution is -2.42. The van der Waals surface area contributed by atoms with Gasteiger partial charge in [-0.15, -0.1) is 0 Å². The van der Waals surface area contributed by atoms with E-state index in [0.717, 1.165) is 4.90 Å². The molecule has 1 aromatic heterocycles. The maximum absolute atomic E-state index is 14.8. The third-order valence-electron chi connectivity index (χ3n) is 5.63. The number of carbonyl (C=O) groups excluding carboxylic acids is 1. The summed E-state index contributed by atoms with van der Waals surface area (Å²) in [6.45, 7) is 6.50. The minimum absolute atomic E-state index is 0.114. The van der Waals surface area contributed by atoms with Crippen LogP contribution in [0.1, 0.15) is 32.3 Å². The Hall–Kier alpha value is -3.62. The van der Waals surface area contributed by atoms with Gasteiger partial charge in [-0.2, -0.15) is 4.40 Å². The molecular weight excluding hydrogens is 495 g/mol. The van der Waals surface area contributed by atoms with Crippen LogP contribution in [0.15, 0.2) is 75.6 Å². The molecule has 8 nitrogen and oxygen atoms in total. The Morgan fingerprint density at radius 1 is 1.16 bits per heavy atom. The number of rotatable bonds is 7. The summed E-state index contributed by atoms with van der Waals surface area (Å²) >= 11 is 1.26. The molecule has 4 rings (SSSR count). The Bertz CT molecular complexity index is 1220. The third kappa shape index (κ3) is 7.44. The highest BCUT2D eigenvalue weighted by Crippen LogP contribution is 2.29. The molecule has 1 amide bonds. The zero-order valence-electron chi connectivity index (χ0n) is 21.0. The van der Waals surface area contributed by atoms with Gasteiger partial charge in [0.1, 0.15) is 18.3 Å². The monoisotopic (exact) mass is 524 g/mol. The van der Waals surface area contributed by atoms with E-state index in [0.29, 0.717) is 42.9 Å². The molecule has 0 saturated carbocycles. The van der Waals surface area contributed by atoms with Crippen molar-refractivity contribution < 1.29 is 23.4 Å². The lowest BCUT2D eigenvalue weighted by Gasteiger charge is -2.32. The van der Waals surface area contributed by atoms with Crippen LogP contribution in [0.5, 0.6) is 11.8 Å². The van der Waals surface area contributed by atoms with Crippen LogP contribution >= 0.6 is 11.9 Å². The number of aromatic nitrogens is 2. The van der Waals surface area contributed by atoms with Gasteiger partial charge in [-0.1, -0.05) is 18.2 Å². The number of hydrogen-bond donors (Lipinski definition) is 0. The highest BCUT2D eigenvalue weighted by Gasteiger charge is 2.27. The predicted octanol–water partition coefficient (Wildman–Crippen LogP) is 5.65. The van der Waals surface area contributed by atoms with Gasteiger partial charge in [-0.25, -0.2) is 19.2 Å². The Kier molecular flexibility index (Phi) is 8.98. The number of likely N-dealkylation sites (tertiary alicyclic amines) is 1. The second-order valence-corrected chi connectivity index (χ2v) is 9.67. The second kappa shape index (κ2) is 12.6. The van der Waals surface area contributed by atoms with Gasteiger partial charge in [0, 0.05) is 54.2 Å². The molecular formula is C27H29FN4O4S. The van der Waals surface area contributed by atoms with Crippen molar-refractivity contribution >= 4 is 23.9 Å². The van der Waals surface area contributed by atoms with Crippen LogP contribution in [-0.4, -0.2) is 58.2 Å². The number of benzene rings is 1. The van der Waals surface area contributed by atoms with Crippen LogP contribution in [0.25, 0.3) is 0 Å². The van der Waals surface area contributed by atoms with Gasteiger partial charge in [0.05, 0.1) is 11.7 Å². The van der Waals surface area contributed by atoms with E-state index in [1.165, 1.54) is 24.4 Å². The van der Waals surface area contributed by atoms with Crippen LogP contribution in [0.4, 0.5) is 9.18 Å². The van der Waals surface area contributed by atoms with Crippen molar-refractivity contribution in [2.75, 3.05) is 13.1 Å². The maximum atomic E-state index is 14.8. The van der Waals surface area contributed by atoms with E-state index in [4.69, 9.17) is 14.2 Å². The Morgan fingerprint density at radius 2 is 1.86 bits per heavy atom. The topological polar surface area (TPSA) is 86.1 Å². The summed E-state index contributed by atoms with van der Waals surface area (Å²) in [5.41, 5.74) is 1.08. The average molecular weight is 525 g/mol. The molecule has 1 fully saturated rings. The van der Waals surface area contributed by atoms with Crippen molar-refractivity contribution in [2.45, 2.75) is 56.8 Å². The van der Waals surface area contributed by atoms with Crippen LogP contribution in [0.2, 0.25) is 0 Å². The van der Waals surface area contributed by atoms with Gasteiger partial charge < -0.3 is 19.1 Å². The van der Waals surface area contributed by atoms with Gasteiger partial charge in [0.15, 0.2) is 6.10 Å². The molecule has 1 aliphatic heterocycles. The van der Waals surface area contributed by atoms with Crippen molar-refractivity contribution in [1.82, 2.24) is 14.9 Å². The standard InChI is InChI=1S/C27H29FN4O4S/c1-18(2)34-27(33)32-13-11-21(12-14-32)35-25-19(3)26(30-17-29-25)36-24-10-9-20(15-23(24)28)16-31-37-22-7-5-4-6-8-22/h4-10,15,17-18,21,24H,11-14H2,1-3H3. The normalized spacial score (nSPS) is 17.8. The molecule has 1 saturated heterocycles. The average Bonchev–Trinajstić information content (AvgIpc) is 2.88. The molecule has 194 valence electrons. The van der Waals surface area contributed by atoms with E-state index in [1.54, 1.807) is 24.0 Å². The van der Waals surface area contributed by atoms with Crippen molar-refractivity contribution in [3.05, 3.63) is 71.9 Å². The first kappa shape index (κ1) is 26.4. The molecule has 37 heavy (non-hydrogen) atoms. The molecule has 1 aromatic carbocycles. The molecule has 0 radical (unpaired) electrons. The fourth-order valence-corrected chi connectivity index (χ4v) is 4.24. The van der Waals surface area contributed by atoms with Crippen LogP contribution in [0.3, 0.4) is 0 Å². The number of ether oxygens (including phenoxy) is 3. The summed E-state index contributed by atoms with van der Waals surface area (Å²) < 4.78 is 36.1. The number of carbonyl (C=O) groups is 1. The lowest BCUT2D eigenvalue weighted by molar-refractivity contribution is 0.0504. The molecule has 0 N–H and O–H groups in total. The van der Waals surface area contributed by atoms with Crippen molar-refractivity contribution in [3.8, 4) is 11.8 Å². The lowest BCUT2D eigenvalue weighted by atomic mass is 10.1. The number of piperidine rings is 1. The maximum Gasteiger partial charge on any atom is 0.410 e. The van der Waals surface area contributed by atoms with Gasteiger partial charge in [0.2, 0.25) is 11.8 Å². The zero-order chi connectivity index (χ0) is 26.2. The van der Waals surface area contributed by atoms with E-state index in [2.05, 4.69) is 20.2 Å².